The van der Waals surface area contributed by atoms with E-state index in [9.17, 15) is 4.79 Å². The Morgan fingerprint density at radius 3 is 2.65 bits per heavy atom. The van der Waals surface area contributed by atoms with E-state index in [0.29, 0.717) is 23.2 Å². The van der Waals surface area contributed by atoms with Crippen molar-refractivity contribution in [3.63, 3.8) is 0 Å². The zero-order valence-corrected chi connectivity index (χ0v) is 17.7. The summed E-state index contributed by atoms with van der Waals surface area (Å²) in [5.74, 6) is 1.55. The number of rotatable bonds is 4. The van der Waals surface area contributed by atoms with Crippen molar-refractivity contribution in [1.82, 2.24) is 24.8 Å². The van der Waals surface area contributed by atoms with Gasteiger partial charge in [-0.25, -0.2) is 15.0 Å². The van der Waals surface area contributed by atoms with Crippen LogP contribution in [0.1, 0.15) is 40.9 Å². The molecule has 158 valence electrons. The monoisotopic (exact) mass is 415 g/mol. The smallest absolute Gasteiger partial charge is 0.256 e. The lowest BCUT2D eigenvalue weighted by Gasteiger charge is -2.49. The fourth-order valence-electron chi connectivity index (χ4n) is 4.68. The summed E-state index contributed by atoms with van der Waals surface area (Å²) in [4.78, 5) is 33.2. The molecule has 0 N–H and O–H groups in total. The second-order valence-electron chi connectivity index (χ2n) is 8.48. The number of aromatic nitrogens is 4. The van der Waals surface area contributed by atoms with Crippen LogP contribution in [0.15, 0.2) is 49.1 Å². The van der Waals surface area contributed by atoms with Crippen LogP contribution in [0.25, 0.3) is 11.4 Å². The molecule has 3 aromatic heterocycles. The van der Waals surface area contributed by atoms with Crippen LogP contribution in [0, 0.1) is 19.8 Å². The standard InChI is InChI=1S/C24H25N5O2/c1-15-4-7-22(28-12-15)31-21-11-17-5-6-20(21)29(14-17)24(30)19-13-27-16(2)10-18(19)23-25-8-3-9-26-23/h3-4,7-10,12-13,17,20-21H,5-6,11,14H2,1-2H3. The van der Waals surface area contributed by atoms with Crippen LogP contribution in [0.2, 0.25) is 0 Å². The molecule has 6 rings (SSSR count). The van der Waals surface area contributed by atoms with E-state index in [0.717, 1.165) is 42.6 Å². The van der Waals surface area contributed by atoms with Gasteiger partial charge in [-0.2, -0.15) is 0 Å². The number of carbonyl (C=O) groups excluding carboxylic acids is 1. The minimum Gasteiger partial charge on any atom is -0.472 e. The summed E-state index contributed by atoms with van der Waals surface area (Å²) in [6, 6.07) is 7.57. The van der Waals surface area contributed by atoms with E-state index in [1.807, 2.05) is 43.1 Å². The predicted molar refractivity (Wildman–Crippen MR) is 116 cm³/mol. The second kappa shape index (κ2) is 8.06. The van der Waals surface area contributed by atoms with E-state index < -0.39 is 0 Å². The van der Waals surface area contributed by atoms with Crippen LogP contribution in [-0.4, -0.2) is 49.4 Å². The molecule has 1 aliphatic carbocycles. The summed E-state index contributed by atoms with van der Waals surface area (Å²) in [5.41, 5.74) is 3.18. The van der Waals surface area contributed by atoms with Crippen molar-refractivity contribution in [2.24, 2.45) is 5.92 Å². The van der Waals surface area contributed by atoms with Crippen LogP contribution in [-0.2, 0) is 0 Å². The van der Waals surface area contributed by atoms with Gasteiger partial charge in [0.2, 0.25) is 5.88 Å². The summed E-state index contributed by atoms with van der Waals surface area (Å²) in [6.45, 7) is 4.65. The maximum atomic E-state index is 13.7. The Morgan fingerprint density at radius 1 is 1.06 bits per heavy atom. The highest BCUT2D eigenvalue weighted by Crippen LogP contribution is 2.38. The van der Waals surface area contributed by atoms with Gasteiger partial charge in [0.05, 0.1) is 11.6 Å². The minimum absolute atomic E-state index is 0.0199. The summed E-state index contributed by atoms with van der Waals surface area (Å²) >= 11 is 0. The van der Waals surface area contributed by atoms with E-state index in [4.69, 9.17) is 4.74 Å². The molecule has 31 heavy (non-hydrogen) atoms. The largest absolute Gasteiger partial charge is 0.472 e. The van der Waals surface area contributed by atoms with Gasteiger partial charge >= 0.3 is 0 Å². The molecule has 2 saturated heterocycles. The lowest BCUT2D eigenvalue weighted by Crippen LogP contribution is -2.59. The summed E-state index contributed by atoms with van der Waals surface area (Å²) in [7, 11) is 0. The molecule has 7 heteroatoms. The Morgan fingerprint density at radius 2 is 1.90 bits per heavy atom. The van der Waals surface area contributed by atoms with Crippen molar-refractivity contribution in [3.8, 4) is 17.3 Å². The first-order valence-electron chi connectivity index (χ1n) is 10.7. The van der Waals surface area contributed by atoms with Crippen molar-refractivity contribution < 1.29 is 9.53 Å². The van der Waals surface area contributed by atoms with Crippen LogP contribution >= 0.6 is 0 Å². The second-order valence-corrected chi connectivity index (χ2v) is 8.48. The first kappa shape index (κ1) is 19.6. The molecule has 2 aliphatic heterocycles. The fourth-order valence-corrected chi connectivity index (χ4v) is 4.68. The molecule has 2 bridgehead atoms. The lowest BCUT2D eigenvalue weighted by molar-refractivity contribution is -0.0313. The molecule has 3 unspecified atom stereocenters. The average Bonchev–Trinajstić information content (AvgIpc) is 2.81. The van der Waals surface area contributed by atoms with E-state index >= 15 is 0 Å². The molecule has 3 aliphatic rings. The molecule has 0 spiro atoms. The Labute approximate surface area is 181 Å². The number of fused-ring (bicyclic) bond motifs is 3. The number of hydrogen-bond donors (Lipinski definition) is 0. The van der Waals surface area contributed by atoms with Crippen molar-refractivity contribution in [3.05, 3.63) is 65.9 Å². The van der Waals surface area contributed by atoms with Crippen molar-refractivity contribution in [2.45, 2.75) is 45.3 Å². The number of hydrogen-bond acceptors (Lipinski definition) is 6. The van der Waals surface area contributed by atoms with Gasteiger partial charge < -0.3 is 9.64 Å². The Kier molecular flexibility index (Phi) is 5.10. The SMILES string of the molecule is Cc1ccc(OC2CC3CCC2N(C(=O)c2cnc(C)cc2-c2ncccn2)C3)nc1. The summed E-state index contributed by atoms with van der Waals surface area (Å²) in [5, 5.41) is 0. The van der Waals surface area contributed by atoms with Gasteiger partial charge in [0.25, 0.3) is 5.91 Å². The van der Waals surface area contributed by atoms with Gasteiger partial charge in [0.1, 0.15) is 6.10 Å². The van der Waals surface area contributed by atoms with E-state index in [2.05, 4.69) is 19.9 Å². The first-order chi connectivity index (χ1) is 15.1. The predicted octanol–water partition coefficient (Wildman–Crippen LogP) is 3.62. The number of aryl methyl sites for hydroxylation is 2. The van der Waals surface area contributed by atoms with Gasteiger partial charge in [0, 0.05) is 48.7 Å². The maximum Gasteiger partial charge on any atom is 0.256 e. The molecule has 3 fully saturated rings. The van der Waals surface area contributed by atoms with E-state index in [1.165, 1.54) is 0 Å². The van der Waals surface area contributed by atoms with Gasteiger partial charge in [-0.1, -0.05) is 6.07 Å². The van der Waals surface area contributed by atoms with Gasteiger partial charge in [-0.15, -0.1) is 0 Å². The summed E-state index contributed by atoms with van der Waals surface area (Å²) in [6.07, 6.45) is 9.79. The summed E-state index contributed by atoms with van der Waals surface area (Å²) < 4.78 is 6.25. The molecule has 3 aromatic rings. The topological polar surface area (TPSA) is 81.1 Å². The fraction of sp³-hybridized carbons (Fsp3) is 0.375. The normalized spacial score (nSPS) is 22.4. The molecular formula is C24H25N5O2. The van der Waals surface area contributed by atoms with E-state index in [1.54, 1.807) is 24.7 Å². The zero-order valence-electron chi connectivity index (χ0n) is 17.7. The van der Waals surface area contributed by atoms with E-state index in [-0.39, 0.29) is 18.1 Å². The molecular weight excluding hydrogens is 390 g/mol. The molecule has 3 atom stereocenters. The Balaban J connectivity index is 1.44. The van der Waals surface area contributed by atoms with Crippen molar-refractivity contribution >= 4 is 5.91 Å². The highest BCUT2D eigenvalue weighted by atomic mass is 16.5. The molecule has 0 aromatic carbocycles. The number of nitrogens with zero attached hydrogens (tertiary/aromatic N) is 5. The Hall–Kier alpha value is -3.35. The van der Waals surface area contributed by atoms with Gasteiger partial charge in [-0.3, -0.25) is 9.78 Å². The number of pyridine rings is 2. The average molecular weight is 415 g/mol. The molecule has 0 radical (unpaired) electrons. The zero-order chi connectivity index (χ0) is 21.4. The highest BCUT2D eigenvalue weighted by molar-refractivity contribution is 6.00. The number of ether oxygens (including phenoxy) is 1. The minimum atomic E-state index is -0.0542. The van der Waals surface area contributed by atoms with Crippen molar-refractivity contribution in [2.75, 3.05) is 6.54 Å². The highest BCUT2D eigenvalue weighted by Gasteiger charge is 2.45. The quantitative estimate of drug-likeness (QED) is 0.647. The number of amides is 1. The molecule has 7 nitrogen and oxygen atoms in total. The van der Waals surface area contributed by atoms with Crippen LogP contribution in [0.3, 0.4) is 0 Å². The lowest BCUT2D eigenvalue weighted by atomic mass is 9.77. The molecule has 5 heterocycles. The van der Waals surface area contributed by atoms with Crippen molar-refractivity contribution in [1.29, 1.82) is 0 Å². The van der Waals surface area contributed by atoms with Gasteiger partial charge in [-0.05, 0) is 56.7 Å². The third kappa shape index (κ3) is 3.87. The number of carbonyl (C=O) groups is 1. The third-order valence-corrected chi connectivity index (χ3v) is 6.22. The Bertz CT molecular complexity index is 1090. The van der Waals surface area contributed by atoms with Crippen LogP contribution < -0.4 is 4.74 Å². The molecule has 1 saturated carbocycles. The molecule has 1 amide bonds. The first-order valence-corrected chi connectivity index (χ1v) is 10.7. The maximum absolute atomic E-state index is 13.7. The third-order valence-electron chi connectivity index (χ3n) is 6.22. The van der Waals surface area contributed by atoms with Crippen LogP contribution in [0.4, 0.5) is 0 Å². The number of piperidine rings is 2. The van der Waals surface area contributed by atoms with Gasteiger partial charge in [0.15, 0.2) is 5.82 Å². The van der Waals surface area contributed by atoms with Crippen LogP contribution in [0.5, 0.6) is 5.88 Å².